The molecule has 0 radical (unpaired) electrons. The second kappa shape index (κ2) is 24.4. The lowest BCUT2D eigenvalue weighted by atomic mass is 9.84. The standard InChI is InChI=1S/C43H67N6O11P/c1-29(2)22-35(46-42(56)37-19-15-21-49(37)30(3)51)38(52)24-32(41(55)47-36(27-50)39(53)25-34(40(44)54)43(4,5)60-61(57,58)59)23-33-26-45-28-48(33)20-14-9-7-6-8-11-16-31-17-12-10-13-18-31/h10,12-13,17-18,26,28-29,32,34-37,50H,6-9,11,14-16,19-25,27H2,1-5H3,(H2,44,54)(H,46,56)(H,47,55)(H2,57,58,59)/t32-,34-,35+,36+,37+/m1/s1. The van der Waals surface area contributed by atoms with Gasteiger partial charge in [0, 0.05) is 51.2 Å². The van der Waals surface area contributed by atoms with Crippen LogP contribution in [0.25, 0.3) is 0 Å². The van der Waals surface area contributed by atoms with Crippen LogP contribution >= 0.6 is 7.82 Å². The molecule has 2 aromatic rings. The molecule has 17 nitrogen and oxygen atoms in total. The highest BCUT2D eigenvalue weighted by Crippen LogP contribution is 2.44. The minimum Gasteiger partial charge on any atom is -0.394 e. The molecule has 3 rings (SSSR count). The van der Waals surface area contributed by atoms with Gasteiger partial charge < -0.3 is 40.7 Å². The lowest BCUT2D eigenvalue weighted by Crippen LogP contribution is -2.52. The summed E-state index contributed by atoms with van der Waals surface area (Å²) >= 11 is 0. The molecule has 1 fully saturated rings. The van der Waals surface area contributed by atoms with E-state index in [9.17, 15) is 48.2 Å². The summed E-state index contributed by atoms with van der Waals surface area (Å²) in [4.78, 5) is 104. The molecule has 1 aromatic carbocycles. The summed E-state index contributed by atoms with van der Waals surface area (Å²) in [5, 5.41) is 15.6. The maximum absolute atomic E-state index is 14.2. The Morgan fingerprint density at radius 1 is 0.951 bits per heavy atom. The number of benzene rings is 1. The van der Waals surface area contributed by atoms with Crippen LogP contribution in [0.1, 0.15) is 117 Å². The molecule has 2 heterocycles. The fourth-order valence-electron chi connectivity index (χ4n) is 7.92. The number of phosphoric ester groups is 1. The van der Waals surface area contributed by atoms with E-state index in [2.05, 4.69) is 27.8 Å². The van der Waals surface area contributed by atoms with Crippen molar-refractivity contribution in [1.82, 2.24) is 25.1 Å². The summed E-state index contributed by atoms with van der Waals surface area (Å²) in [6.07, 6.45) is 10.8. The SMILES string of the molecule is CC(=O)N1CCC[C@H]1C(=O)N[C@@H](CC(C)C)C(=O)C[C@@H](Cc1cncn1CCCCCCCCc1ccccc1)C(=O)N[C@@H](CO)C(=O)C[C@H](C(N)=O)C(C)(C)OP(=O)(O)O. The molecule has 18 heteroatoms. The number of unbranched alkanes of at least 4 members (excludes halogenated alkanes) is 5. The van der Waals surface area contributed by atoms with E-state index in [0.717, 1.165) is 44.9 Å². The lowest BCUT2D eigenvalue weighted by Gasteiger charge is -2.32. The number of nitrogens with two attached hydrogens (primary N) is 1. The number of nitrogens with zero attached hydrogens (tertiary/aromatic N) is 3. The van der Waals surface area contributed by atoms with Crippen LogP contribution in [0.15, 0.2) is 42.9 Å². The highest BCUT2D eigenvalue weighted by atomic mass is 31.2. The van der Waals surface area contributed by atoms with Crippen LogP contribution in [0.3, 0.4) is 0 Å². The third kappa shape index (κ3) is 17.2. The van der Waals surface area contributed by atoms with Crippen LogP contribution in [0.2, 0.25) is 0 Å². The van der Waals surface area contributed by atoms with Crippen LogP contribution in [0.4, 0.5) is 0 Å². The van der Waals surface area contributed by atoms with Crippen LogP contribution in [0, 0.1) is 17.8 Å². The van der Waals surface area contributed by atoms with E-state index in [-0.39, 0.29) is 31.1 Å². The predicted molar refractivity (Wildman–Crippen MR) is 227 cm³/mol. The summed E-state index contributed by atoms with van der Waals surface area (Å²) in [6.45, 7) is 7.66. The van der Waals surface area contributed by atoms with Crippen molar-refractivity contribution in [2.45, 2.75) is 148 Å². The van der Waals surface area contributed by atoms with Gasteiger partial charge in [0.2, 0.25) is 23.6 Å². The monoisotopic (exact) mass is 874 g/mol. The predicted octanol–water partition coefficient (Wildman–Crippen LogP) is 3.55. The molecule has 0 spiro atoms. The molecule has 0 saturated carbocycles. The number of carbonyl (C=O) groups is 6. The Morgan fingerprint density at radius 3 is 2.20 bits per heavy atom. The van der Waals surface area contributed by atoms with Gasteiger partial charge in [0.05, 0.1) is 36.4 Å². The largest absolute Gasteiger partial charge is 0.470 e. The van der Waals surface area contributed by atoms with Gasteiger partial charge in [0.15, 0.2) is 11.6 Å². The van der Waals surface area contributed by atoms with Crippen molar-refractivity contribution in [2.24, 2.45) is 23.5 Å². The molecular formula is C43H67N6O11P. The zero-order chi connectivity index (χ0) is 45.3. The Morgan fingerprint density at radius 2 is 1.59 bits per heavy atom. The van der Waals surface area contributed by atoms with Gasteiger partial charge in [-0.25, -0.2) is 9.55 Å². The molecule has 340 valence electrons. The van der Waals surface area contributed by atoms with Crippen molar-refractivity contribution in [1.29, 1.82) is 0 Å². The Labute approximate surface area is 359 Å². The third-order valence-corrected chi connectivity index (χ3v) is 11.9. The van der Waals surface area contributed by atoms with Crippen molar-refractivity contribution >= 4 is 43.0 Å². The zero-order valence-electron chi connectivity index (χ0n) is 36.3. The zero-order valence-corrected chi connectivity index (χ0v) is 37.2. The first-order valence-electron chi connectivity index (χ1n) is 21.3. The maximum atomic E-state index is 14.2. The highest BCUT2D eigenvalue weighted by molar-refractivity contribution is 7.46. The third-order valence-electron chi connectivity index (χ3n) is 11.2. The van der Waals surface area contributed by atoms with E-state index in [4.69, 9.17) is 10.3 Å². The van der Waals surface area contributed by atoms with Crippen LogP contribution in [-0.4, -0.2) is 101 Å². The van der Waals surface area contributed by atoms with Crippen molar-refractivity contribution in [3.8, 4) is 0 Å². The number of aryl methyl sites for hydroxylation is 2. The van der Waals surface area contributed by atoms with E-state index in [1.165, 1.54) is 31.2 Å². The maximum Gasteiger partial charge on any atom is 0.470 e. The van der Waals surface area contributed by atoms with Crippen LogP contribution in [-0.2, 0) is 57.2 Å². The lowest BCUT2D eigenvalue weighted by molar-refractivity contribution is -0.139. The number of aliphatic hydroxyl groups excluding tert-OH is 1. The molecule has 7 N–H and O–H groups in total. The van der Waals surface area contributed by atoms with E-state index >= 15 is 0 Å². The molecule has 4 amide bonds. The quantitative estimate of drug-likeness (QED) is 0.0530. The van der Waals surface area contributed by atoms with E-state index in [1.807, 2.05) is 36.6 Å². The van der Waals surface area contributed by atoms with E-state index in [1.54, 1.807) is 12.5 Å². The molecule has 1 aliphatic rings. The summed E-state index contributed by atoms with van der Waals surface area (Å²) in [6, 6.07) is 7.10. The van der Waals surface area contributed by atoms with E-state index in [0.29, 0.717) is 31.6 Å². The Bertz CT molecular complexity index is 1810. The number of likely N-dealkylation sites (tertiary alicyclic amines) is 1. The first-order chi connectivity index (χ1) is 28.7. The number of rotatable bonds is 28. The summed E-state index contributed by atoms with van der Waals surface area (Å²) in [5.74, 6) is -6.57. The molecule has 1 saturated heterocycles. The van der Waals surface area contributed by atoms with Crippen molar-refractivity contribution in [3.05, 3.63) is 54.1 Å². The number of imidazole rings is 1. The Kier molecular flexibility index (Phi) is 20.4. The number of primary amides is 1. The van der Waals surface area contributed by atoms with Gasteiger partial charge >= 0.3 is 7.82 Å². The van der Waals surface area contributed by atoms with Crippen molar-refractivity contribution in [2.75, 3.05) is 13.2 Å². The van der Waals surface area contributed by atoms with Gasteiger partial charge in [-0.2, -0.15) is 0 Å². The van der Waals surface area contributed by atoms with Gasteiger partial charge in [-0.15, -0.1) is 0 Å². The van der Waals surface area contributed by atoms with Crippen LogP contribution in [0.5, 0.6) is 0 Å². The molecule has 0 bridgehead atoms. The number of Topliss-reactive ketones (excluding diaryl/α,β-unsaturated/α-hetero) is 2. The molecule has 1 aromatic heterocycles. The normalized spacial score (nSPS) is 16.5. The fourth-order valence-corrected chi connectivity index (χ4v) is 8.66. The Balaban J connectivity index is 1.78. The van der Waals surface area contributed by atoms with Gasteiger partial charge in [0.25, 0.3) is 0 Å². The number of phosphoric acid groups is 1. The number of hydrogen-bond donors (Lipinski definition) is 6. The summed E-state index contributed by atoms with van der Waals surface area (Å²) in [5.41, 5.74) is 5.59. The molecule has 0 aliphatic carbocycles. The number of nitrogens with one attached hydrogen (secondary N) is 2. The minimum atomic E-state index is -5.12. The van der Waals surface area contributed by atoms with Gasteiger partial charge in [-0.05, 0) is 63.9 Å². The molecule has 1 aliphatic heterocycles. The number of amides is 4. The van der Waals surface area contributed by atoms with Gasteiger partial charge in [0.1, 0.15) is 12.1 Å². The summed E-state index contributed by atoms with van der Waals surface area (Å²) in [7, 11) is -5.12. The number of hydrogen-bond acceptors (Lipinski definition) is 10. The van der Waals surface area contributed by atoms with Crippen molar-refractivity contribution < 1.29 is 52.7 Å². The van der Waals surface area contributed by atoms with Gasteiger partial charge in [-0.3, -0.25) is 33.3 Å². The average Bonchev–Trinajstić information content (AvgIpc) is 3.85. The van der Waals surface area contributed by atoms with Crippen LogP contribution < -0.4 is 16.4 Å². The highest BCUT2D eigenvalue weighted by Gasteiger charge is 2.43. The van der Waals surface area contributed by atoms with Crippen molar-refractivity contribution in [3.63, 3.8) is 0 Å². The molecular weight excluding hydrogens is 807 g/mol. The second-order valence-electron chi connectivity index (χ2n) is 17.1. The minimum absolute atomic E-state index is 0.0134. The average molecular weight is 875 g/mol. The topological polar surface area (TPSA) is 261 Å². The Hall–Kier alpha value is -4.28. The first-order valence-corrected chi connectivity index (χ1v) is 22.9. The number of aromatic nitrogens is 2. The molecule has 61 heavy (non-hydrogen) atoms. The fraction of sp³-hybridized carbons (Fsp3) is 0.651. The molecule has 0 unspecified atom stereocenters. The van der Waals surface area contributed by atoms with E-state index < -0.39 is 85.7 Å². The number of ketones is 2. The number of carbonyl (C=O) groups excluding carboxylic acids is 6. The van der Waals surface area contributed by atoms with Gasteiger partial charge in [-0.1, -0.05) is 69.9 Å². The number of aliphatic hydroxyl groups is 1. The smallest absolute Gasteiger partial charge is 0.394 e. The molecule has 5 atom stereocenters. The second-order valence-corrected chi connectivity index (χ2v) is 18.3. The summed E-state index contributed by atoms with van der Waals surface area (Å²) < 4.78 is 18.3. The first kappa shape index (κ1) is 51.1.